The molecule has 0 saturated carbocycles. The van der Waals surface area contributed by atoms with Gasteiger partial charge in [-0.1, -0.05) is 0 Å². The Morgan fingerprint density at radius 2 is 2.00 bits per heavy atom. The van der Waals surface area contributed by atoms with E-state index in [9.17, 15) is 4.79 Å². The number of carbonyl (C=O) groups excluding carboxylic acids is 1. The van der Waals surface area contributed by atoms with Crippen molar-refractivity contribution in [3.05, 3.63) is 34.8 Å². The van der Waals surface area contributed by atoms with Gasteiger partial charge in [0.15, 0.2) is 0 Å². The molecule has 0 radical (unpaired) electrons. The van der Waals surface area contributed by atoms with E-state index in [1.165, 1.54) is 11.3 Å². The number of carbonyl (C=O) groups is 1. The van der Waals surface area contributed by atoms with Crippen LogP contribution in [0.15, 0.2) is 29.2 Å². The lowest BCUT2D eigenvalue weighted by atomic mass is 10.2. The maximum atomic E-state index is 12.2. The Morgan fingerprint density at radius 1 is 1.19 bits per heavy atom. The van der Waals surface area contributed by atoms with Crippen molar-refractivity contribution in [3.63, 3.8) is 0 Å². The summed E-state index contributed by atoms with van der Waals surface area (Å²) in [6.07, 6.45) is 2.05. The third-order valence-electron chi connectivity index (χ3n) is 4.61. The Bertz CT molecular complexity index is 983. The topological polar surface area (TPSA) is 85.2 Å². The molecule has 1 aliphatic rings. The molecular weight excluding hydrogens is 380 g/mol. The van der Waals surface area contributed by atoms with E-state index in [0.717, 1.165) is 42.2 Å². The standard InChI is InChI=1S/C18H18N6OS2/c19-11-13-2-9-26-17(13)22-15(25)1-4-23-5-7-24(8-6-23)16-14-3-10-27-18(14)21-12-20-16/h2-3,9-10,12H,1,4-8H2,(H,22,25). The first-order valence-electron chi connectivity index (χ1n) is 8.67. The summed E-state index contributed by atoms with van der Waals surface area (Å²) in [4.78, 5) is 26.5. The third-order valence-corrected chi connectivity index (χ3v) is 6.26. The number of aromatic nitrogens is 2. The highest BCUT2D eigenvalue weighted by Crippen LogP contribution is 2.27. The van der Waals surface area contributed by atoms with Crippen molar-refractivity contribution in [2.75, 3.05) is 42.9 Å². The molecule has 138 valence electrons. The molecule has 4 heterocycles. The molecular formula is C18H18N6OS2. The number of piperazine rings is 1. The quantitative estimate of drug-likeness (QED) is 0.711. The van der Waals surface area contributed by atoms with E-state index < -0.39 is 0 Å². The van der Waals surface area contributed by atoms with Crippen LogP contribution in [0, 0.1) is 11.3 Å². The molecule has 1 N–H and O–H groups in total. The summed E-state index contributed by atoms with van der Waals surface area (Å²) in [6.45, 7) is 4.27. The molecule has 27 heavy (non-hydrogen) atoms. The van der Waals surface area contributed by atoms with Gasteiger partial charge in [0.2, 0.25) is 5.91 Å². The van der Waals surface area contributed by atoms with Crippen LogP contribution in [0.5, 0.6) is 0 Å². The van der Waals surface area contributed by atoms with Crippen LogP contribution in [-0.2, 0) is 4.79 Å². The minimum atomic E-state index is -0.0489. The first kappa shape index (κ1) is 17.9. The summed E-state index contributed by atoms with van der Waals surface area (Å²) in [5, 5.41) is 17.4. The fraction of sp³-hybridized carbons (Fsp3) is 0.333. The molecule has 9 heteroatoms. The van der Waals surface area contributed by atoms with Gasteiger partial charge in [-0.25, -0.2) is 9.97 Å². The second-order valence-corrected chi connectivity index (χ2v) is 8.05. The van der Waals surface area contributed by atoms with Gasteiger partial charge >= 0.3 is 0 Å². The van der Waals surface area contributed by atoms with E-state index >= 15 is 0 Å². The van der Waals surface area contributed by atoms with Crippen molar-refractivity contribution in [2.45, 2.75) is 6.42 Å². The molecule has 3 aromatic heterocycles. The average Bonchev–Trinajstić information content (AvgIpc) is 3.35. The lowest BCUT2D eigenvalue weighted by Crippen LogP contribution is -2.47. The number of hydrogen-bond acceptors (Lipinski definition) is 8. The molecule has 4 rings (SSSR count). The lowest BCUT2D eigenvalue weighted by Gasteiger charge is -2.35. The van der Waals surface area contributed by atoms with Crippen LogP contribution < -0.4 is 10.2 Å². The number of nitrogens with zero attached hydrogens (tertiary/aromatic N) is 5. The van der Waals surface area contributed by atoms with Crippen molar-refractivity contribution >= 4 is 49.6 Å². The van der Waals surface area contributed by atoms with Crippen LogP contribution in [0.2, 0.25) is 0 Å². The molecule has 0 atom stereocenters. The smallest absolute Gasteiger partial charge is 0.226 e. The minimum Gasteiger partial charge on any atom is -0.353 e. The van der Waals surface area contributed by atoms with Crippen LogP contribution in [-0.4, -0.2) is 53.5 Å². The number of nitrogens with one attached hydrogen (secondary N) is 1. The van der Waals surface area contributed by atoms with E-state index in [2.05, 4.69) is 37.2 Å². The number of rotatable bonds is 5. The zero-order valence-electron chi connectivity index (χ0n) is 14.6. The van der Waals surface area contributed by atoms with E-state index in [1.54, 1.807) is 23.7 Å². The van der Waals surface area contributed by atoms with Crippen molar-refractivity contribution in [1.82, 2.24) is 14.9 Å². The van der Waals surface area contributed by atoms with Crippen molar-refractivity contribution < 1.29 is 4.79 Å². The van der Waals surface area contributed by atoms with Crippen LogP contribution in [0.3, 0.4) is 0 Å². The fourth-order valence-electron chi connectivity index (χ4n) is 3.16. The van der Waals surface area contributed by atoms with Crippen LogP contribution in [0.25, 0.3) is 10.2 Å². The van der Waals surface area contributed by atoms with Crippen LogP contribution >= 0.6 is 22.7 Å². The Balaban J connectivity index is 1.28. The molecule has 3 aromatic rings. The van der Waals surface area contributed by atoms with Gasteiger partial charge in [-0.15, -0.1) is 22.7 Å². The number of thiophene rings is 2. The van der Waals surface area contributed by atoms with E-state index in [0.29, 0.717) is 23.5 Å². The zero-order valence-corrected chi connectivity index (χ0v) is 16.2. The fourth-order valence-corrected chi connectivity index (χ4v) is 4.64. The normalized spacial score (nSPS) is 15.0. The molecule has 1 aliphatic heterocycles. The first-order valence-corrected chi connectivity index (χ1v) is 10.4. The van der Waals surface area contributed by atoms with Crippen LogP contribution in [0.1, 0.15) is 12.0 Å². The summed E-state index contributed by atoms with van der Waals surface area (Å²) in [5.74, 6) is 0.951. The van der Waals surface area contributed by atoms with Gasteiger partial charge in [0.05, 0.1) is 10.9 Å². The van der Waals surface area contributed by atoms with E-state index in [1.807, 2.05) is 10.8 Å². The highest BCUT2D eigenvalue weighted by molar-refractivity contribution is 7.16. The first-order chi connectivity index (χ1) is 13.2. The van der Waals surface area contributed by atoms with Crippen molar-refractivity contribution in [1.29, 1.82) is 5.26 Å². The van der Waals surface area contributed by atoms with Gasteiger partial charge in [0, 0.05) is 39.1 Å². The SMILES string of the molecule is N#Cc1ccsc1NC(=O)CCN1CCN(c2ncnc3sccc23)CC1. The third kappa shape index (κ3) is 3.93. The van der Waals surface area contributed by atoms with Gasteiger partial charge in [0.1, 0.15) is 28.0 Å². The highest BCUT2D eigenvalue weighted by Gasteiger charge is 2.20. The predicted molar refractivity (Wildman–Crippen MR) is 108 cm³/mol. The van der Waals surface area contributed by atoms with Crippen molar-refractivity contribution in [2.24, 2.45) is 0 Å². The average molecular weight is 399 g/mol. The minimum absolute atomic E-state index is 0.0489. The largest absolute Gasteiger partial charge is 0.353 e. The Hall–Kier alpha value is -2.54. The molecule has 0 aliphatic carbocycles. The lowest BCUT2D eigenvalue weighted by molar-refractivity contribution is -0.116. The summed E-state index contributed by atoms with van der Waals surface area (Å²) in [5.41, 5.74) is 0.520. The Kier molecular flexibility index (Phi) is 5.29. The number of fused-ring (bicyclic) bond motifs is 1. The van der Waals surface area contributed by atoms with E-state index in [4.69, 9.17) is 5.26 Å². The maximum absolute atomic E-state index is 12.2. The molecule has 0 spiro atoms. The predicted octanol–water partition coefficient (Wildman–Crippen LogP) is 2.78. The second-order valence-electron chi connectivity index (χ2n) is 6.24. The molecule has 0 aromatic carbocycles. The Morgan fingerprint density at radius 3 is 2.81 bits per heavy atom. The molecule has 1 saturated heterocycles. The highest BCUT2D eigenvalue weighted by atomic mass is 32.1. The number of anilines is 2. The van der Waals surface area contributed by atoms with Crippen molar-refractivity contribution in [3.8, 4) is 6.07 Å². The zero-order chi connectivity index (χ0) is 18.6. The number of nitriles is 1. The molecule has 1 amide bonds. The summed E-state index contributed by atoms with van der Waals surface area (Å²) in [7, 11) is 0. The maximum Gasteiger partial charge on any atom is 0.226 e. The summed E-state index contributed by atoms with van der Waals surface area (Å²) in [6, 6.07) is 5.88. The van der Waals surface area contributed by atoms with Gasteiger partial charge in [0.25, 0.3) is 0 Å². The molecule has 1 fully saturated rings. The Labute approximate surface area is 164 Å². The second kappa shape index (κ2) is 8.00. The monoisotopic (exact) mass is 398 g/mol. The van der Waals surface area contributed by atoms with Gasteiger partial charge in [-0.05, 0) is 22.9 Å². The van der Waals surface area contributed by atoms with Crippen LogP contribution in [0.4, 0.5) is 10.8 Å². The number of hydrogen-bond donors (Lipinski definition) is 1. The van der Waals surface area contributed by atoms with Gasteiger partial charge < -0.3 is 10.2 Å². The molecule has 0 unspecified atom stereocenters. The van der Waals surface area contributed by atoms with Gasteiger partial charge in [-0.3, -0.25) is 9.69 Å². The number of amides is 1. The summed E-state index contributed by atoms with van der Waals surface area (Å²) >= 11 is 3.01. The van der Waals surface area contributed by atoms with Gasteiger partial charge in [-0.2, -0.15) is 5.26 Å². The summed E-state index contributed by atoms with van der Waals surface area (Å²) < 4.78 is 0. The van der Waals surface area contributed by atoms with E-state index in [-0.39, 0.29) is 5.91 Å². The molecule has 7 nitrogen and oxygen atoms in total. The molecule has 0 bridgehead atoms.